The predicted octanol–water partition coefficient (Wildman–Crippen LogP) is 0.731. The average molecular weight is 333 g/mol. The minimum Gasteiger partial charge on any atom is -0.497 e. The van der Waals surface area contributed by atoms with Crippen molar-refractivity contribution in [3.8, 4) is 5.75 Å². The molecule has 1 unspecified atom stereocenters. The molecule has 0 aliphatic rings. The summed E-state index contributed by atoms with van der Waals surface area (Å²) in [5, 5.41) is 3.77. The summed E-state index contributed by atoms with van der Waals surface area (Å²) in [6.45, 7) is 7.63. The number of carbonyl (C=O) groups excluding carboxylic acids is 1. The zero-order chi connectivity index (χ0) is 17.7. The van der Waals surface area contributed by atoms with Gasteiger partial charge < -0.3 is 19.4 Å². The first-order valence-electron chi connectivity index (χ1n) is 8.16. The van der Waals surface area contributed by atoms with Crippen molar-refractivity contribution in [2.75, 3.05) is 20.2 Å². The van der Waals surface area contributed by atoms with Gasteiger partial charge in [0, 0.05) is 29.1 Å². The zero-order valence-electron chi connectivity index (χ0n) is 14.6. The number of nitrogens with one attached hydrogen (secondary N) is 2. The summed E-state index contributed by atoms with van der Waals surface area (Å²) in [5.41, 5.74) is 0.977. The molecule has 0 bridgehead atoms. The third kappa shape index (κ3) is 4.58. The second-order valence-electron chi connectivity index (χ2n) is 6.13. The Balaban J connectivity index is 2.27. The van der Waals surface area contributed by atoms with Crippen LogP contribution in [0.15, 0.2) is 33.5 Å². The van der Waals surface area contributed by atoms with E-state index in [1.807, 2.05) is 32.9 Å². The molecule has 6 nitrogen and oxygen atoms in total. The van der Waals surface area contributed by atoms with E-state index in [1.54, 1.807) is 13.2 Å². The Kier molecular flexibility index (Phi) is 5.98. The molecular weight excluding hydrogens is 308 g/mol. The predicted molar refractivity (Wildman–Crippen MR) is 92.4 cm³/mol. The van der Waals surface area contributed by atoms with E-state index in [0.717, 1.165) is 22.4 Å². The molecule has 0 fully saturated rings. The van der Waals surface area contributed by atoms with Crippen LogP contribution in [0.3, 0.4) is 0 Å². The number of hydrogen-bond acceptors (Lipinski definition) is 4. The maximum Gasteiger partial charge on any atom is 0.336 e. The van der Waals surface area contributed by atoms with Gasteiger partial charge in [0.1, 0.15) is 17.9 Å². The summed E-state index contributed by atoms with van der Waals surface area (Å²) in [5.74, 6) is 0.648. The number of methoxy groups -OCH3 is 1. The van der Waals surface area contributed by atoms with Crippen LogP contribution in [-0.4, -0.2) is 32.1 Å². The summed E-state index contributed by atoms with van der Waals surface area (Å²) in [6, 6.07) is 7.05. The summed E-state index contributed by atoms with van der Waals surface area (Å²) in [4.78, 5) is 24.9. The molecule has 2 rings (SSSR count). The van der Waals surface area contributed by atoms with Gasteiger partial charge in [-0.2, -0.15) is 0 Å². The number of ether oxygens (including phenoxy) is 1. The van der Waals surface area contributed by atoms with Crippen molar-refractivity contribution in [1.29, 1.82) is 0 Å². The molecule has 6 heteroatoms. The third-order valence-corrected chi connectivity index (χ3v) is 3.84. The number of fused-ring (bicyclic) bond motifs is 1. The lowest BCUT2D eigenvalue weighted by molar-refractivity contribution is -0.904. The zero-order valence-corrected chi connectivity index (χ0v) is 14.6. The van der Waals surface area contributed by atoms with E-state index in [1.165, 1.54) is 6.07 Å². The van der Waals surface area contributed by atoms with Crippen molar-refractivity contribution in [2.24, 2.45) is 0 Å². The molecule has 1 heterocycles. The first kappa shape index (κ1) is 18.0. The van der Waals surface area contributed by atoms with Crippen LogP contribution in [0, 0.1) is 0 Å². The highest BCUT2D eigenvalue weighted by Crippen LogP contribution is 2.22. The van der Waals surface area contributed by atoms with Crippen LogP contribution in [0.25, 0.3) is 11.0 Å². The van der Waals surface area contributed by atoms with Gasteiger partial charge in [-0.25, -0.2) is 4.79 Å². The Bertz CT molecular complexity index is 767. The lowest BCUT2D eigenvalue weighted by atomic mass is 10.1. The van der Waals surface area contributed by atoms with E-state index in [2.05, 4.69) is 5.32 Å². The smallest absolute Gasteiger partial charge is 0.336 e. The number of benzene rings is 1. The minimum atomic E-state index is -0.396. The van der Waals surface area contributed by atoms with Crippen molar-refractivity contribution >= 4 is 16.9 Å². The largest absolute Gasteiger partial charge is 0.497 e. The molecule has 2 aromatic rings. The fourth-order valence-corrected chi connectivity index (χ4v) is 2.67. The minimum absolute atomic E-state index is 0.00999. The molecule has 24 heavy (non-hydrogen) atoms. The molecule has 0 aliphatic carbocycles. The molecule has 2 N–H and O–H groups in total. The Morgan fingerprint density at radius 1 is 1.33 bits per heavy atom. The molecule has 0 aliphatic heterocycles. The van der Waals surface area contributed by atoms with Gasteiger partial charge in [-0.1, -0.05) is 0 Å². The SMILES string of the molecule is CC[NH+](CC(=O)NC(C)C)Cc1cc(=O)oc2cc(OC)ccc12. The van der Waals surface area contributed by atoms with Crippen LogP contribution in [0.4, 0.5) is 0 Å². The molecule has 1 amide bonds. The van der Waals surface area contributed by atoms with Crippen LogP contribution in [0.1, 0.15) is 26.3 Å². The monoisotopic (exact) mass is 333 g/mol. The topological polar surface area (TPSA) is 73.0 Å². The normalized spacial score (nSPS) is 12.4. The van der Waals surface area contributed by atoms with E-state index in [-0.39, 0.29) is 11.9 Å². The summed E-state index contributed by atoms with van der Waals surface area (Å²) >= 11 is 0. The van der Waals surface area contributed by atoms with Gasteiger partial charge in [-0.05, 0) is 32.9 Å². The Morgan fingerprint density at radius 3 is 2.71 bits per heavy atom. The van der Waals surface area contributed by atoms with Gasteiger partial charge >= 0.3 is 5.63 Å². The number of quaternary nitrogens is 1. The molecule has 1 aromatic carbocycles. The second kappa shape index (κ2) is 7.97. The van der Waals surface area contributed by atoms with Crippen molar-refractivity contribution < 1.29 is 18.8 Å². The first-order chi connectivity index (χ1) is 11.4. The standard InChI is InChI=1S/C18H24N2O4/c1-5-20(11-17(21)19-12(2)3)10-13-8-18(22)24-16-9-14(23-4)6-7-15(13)16/h6-9,12H,5,10-11H2,1-4H3,(H,19,21)/p+1. The fourth-order valence-electron chi connectivity index (χ4n) is 2.67. The average Bonchev–Trinajstić information content (AvgIpc) is 2.52. The van der Waals surface area contributed by atoms with Crippen LogP contribution in [0.5, 0.6) is 5.75 Å². The van der Waals surface area contributed by atoms with Crippen molar-refractivity contribution in [3.05, 3.63) is 40.2 Å². The second-order valence-corrected chi connectivity index (χ2v) is 6.13. The molecular formula is C18H25N2O4+. The molecule has 0 radical (unpaired) electrons. The number of carbonyl (C=O) groups is 1. The highest BCUT2D eigenvalue weighted by atomic mass is 16.5. The Labute approximate surface area is 141 Å². The molecule has 1 aromatic heterocycles. The Hall–Kier alpha value is -2.34. The van der Waals surface area contributed by atoms with Gasteiger partial charge in [0.2, 0.25) is 0 Å². The van der Waals surface area contributed by atoms with Crippen LogP contribution < -0.4 is 20.6 Å². The van der Waals surface area contributed by atoms with Gasteiger partial charge in [0.25, 0.3) is 5.91 Å². The van der Waals surface area contributed by atoms with Crippen LogP contribution >= 0.6 is 0 Å². The molecule has 0 saturated carbocycles. The molecule has 0 saturated heterocycles. The van der Waals surface area contributed by atoms with Gasteiger partial charge in [-0.15, -0.1) is 0 Å². The van der Waals surface area contributed by atoms with E-state index in [0.29, 0.717) is 24.4 Å². The number of likely N-dealkylation sites (N-methyl/N-ethyl adjacent to an activating group) is 1. The van der Waals surface area contributed by atoms with Gasteiger partial charge in [0.05, 0.1) is 13.7 Å². The van der Waals surface area contributed by atoms with Gasteiger partial charge in [-0.3, -0.25) is 4.79 Å². The van der Waals surface area contributed by atoms with Crippen LogP contribution in [-0.2, 0) is 11.3 Å². The van der Waals surface area contributed by atoms with E-state index >= 15 is 0 Å². The number of rotatable bonds is 7. The summed E-state index contributed by atoms with van der Waals surface area (Å²) in [6.07, 6.45) is 0. The summed E-state index contributed by atoms with van der Waals surface area (Å²) < 4.78 is 10.4. The number of amides is 1. The lowest BCUT2D eigenvalue weighted by Gasteiger charge is -2.19. The highest BCUT2D eigenvalue weighted by molar-refractivity contribution is 5.81. The maximum atomic E-state index is 12.0. The first-order valence-corrected chi connectivity index (χ1v) is 8.16. The molecule has 0 spiro atoms. The van der Waals surface area contributed by atoms with Crippen molar-refractivity contribution in [3.63, 3.8) is 0 Å². The fraction of sp³-hybridized carbons (Fsp3) is 0.444. The maximum absolute atomic E-state index is 12.0. The molecule has 1 atom stereocenters. The third-order valence-electron chi connectivity index (χ3n) is 3.84. The van der Waals surface area contributed by atoms with Crippen molar-refractivity contribution in [1.82, 2.24) is 5.32 Å². The lowest BCUT2D eigenvalue weighted by Crippen LogP contribution is -3.11. The Morgan fingerprint density at radius 2 is 2.08 bits per heavy atom. The molecule has 130 valence electrons. The van der Waals surface area contributed by atoms with Gasteiger partial charge in [0.15, 0.2) is 6.54 Å². The van der Waals surface area contributed by atoms with Crippen LogP contribution in [0.2, 0.25) is 0 Å². The van der Waals surface area contributed by atoms with E-state index in [9.17, 15) is 9.59 Å². The quantitative estimate of drug-likeness (QED) is 0.733. The number of hydrogen-bond donors (Lipinski definition) is 2. The van der Waals surface area contributed by atoms with E-state index < -0.39 is 5.63 Å². The van der Waals surface area contributed by atoms with E-state index in [4.69, 9.17) is 9.15 Å². The van der Waals surface area contributed by atoms with Crippen molar-refractivity contribution in [2.45, 2.75) is 33.4 Å². The highest BCUT2D eigenvalue weighted by Gasteiger charge is 2.16. The summed E-state index contributed by atoms with van der Waals surface area (Å²) in [7, 11) is 1.57.